The van der Waals surface area contributed by atoms with Crippen molar-refractivity contribution in [3.05, 3.63) is 78.1 Å². The number of nitrogens with two attached hydrogens (primary N) is 1. The van der Waals surface area contributed by atoms with Gasteiger partial charge in [0.05, 0.1) is 25.6 Å². The minimum absolute atomic E-state index is 0.0128. The number of benzene rings is 2. The topological polar surface area (TPSA) is 108 Å². The van der Waals surface area contributed by atoms with Crippen LogP contribution in [0, 0.1) is 0 Å². The molecule has 1 aliphatic rings. The van der Waals surface area contributed by atoms with Gasteiger partial charge in [-0.2, -0.15) is 9.97 Å². The quantitative estimate of drug-likeness (QED) is 0.425. The third kappa shape index (κ3) is 4.24. The van der Waals surface area contributed by atoms with Gasteiger partial charge in [0.25, 0.3) is 0 Å². The zero-order chi connectivity index (χ0) is 22.8. The summed E-state index contributed by atoms with van der Waals surface area (Å²) >= 11 is 0. The Balaban J connectivity index is 1.28. The average Bonchev–Trinajstić information content (AvgIpc) is 3.25. The van der Waals surface area contributed by atoms with E-state index < -0.39 is 17.8 Å². The summed E-state index contributed by atoms with van der Waals surface area (Å²) in [6.45, 7) is 0.371. The van der Waals surface area contributed by atoms with E-state index in [0.29, 0.717) is 11.2 Å². The molecule has 2 aromatic carbocycles. The molecule has 3 atom stereocenters. The van der Waals surface area contributed by atoms with E-state index in [0.717, 1.165) is 11.1 Å². The molecule has 1 fully saturated rings. The molecule has 3 N–H and O–H groups in total. The van der Waals surface area contributed by atoms with Gasteiger partial charge >= 0.3 is 0 Å². The number of fused-ring (bicyclic) bond motifs is 1. The maximum atomic E-state index is 15.2. The van der Waals surface area contributed by atoms with Crippen molar-refractivity contribution in [2.24, 2.45) is 0 Å². The molecule has 0 radical (unpaired) electrons. The third-order valence-corrected chi connectivity index (χ3v) is 5.88. The lowest BCUT2D eigenvalue weighted by molar-refractivity contribution is -0.162. The molecule has 0 saturated heterocycles. The first-order valence-corrected chi connectivity index (χ1v) is 10.7. The SMILES string of the molecule is Nc1nc(OCc2ccccc2)c2ncn(C3CC(F)(COCc4ccccc4)C3O)c2n1. The molecule has 5 rings (SSSR count). The number of ether oxygens (including phenoxy) is 2. The van der Waals surface area contributed by atoms with Crippen LogP contribution < -0.4 is 10.5 Å². The number of halogens is 1. The summed E-state index contributed by atoms with van der Waals surface area (Å²) in [5.41, 5.74) is 6.76. The molecule has 2 aromatic heterocycles. The van der Waals surface area contributed by atoms with E-state index in [1.807, 2.05) is 60.7 Å². The molecule has 2 heterocycles. The van der Waals surface area contributed by atoms with Crippen molar-refractivity contribution >= 4 is 17.1 Å². The number of rotatable bonds is 8. The van der Waals surface area contributed by atoms with Crippen molar-refractivity contribution < 1.29 is 19.0 Å². The summed E-state index contributed by atoms with van der Waals surface area (Å²) in [6.07, 6.45) is 0.306. The first-order valence-electron chi connectivity index (χ1n) is 10.7. The zero-order valence-corrected chi connectivity index (χ0v) is 17.8. The fraction of sp³-hybridized carbons (Fsp3) is 0.292. The third-order valence-electron chi connectivity index (χ3n) is 5.88. The maximum absolute atomic E-state index is 15.2. The lowest BCUT2D eigenvalue weighted by atomic mass is 9.74. The fourth-order valence-electron chi connectivity index (χ4n) is 4.05. The summed E-state index contributed by atoms with van der Waals surface area (Å²) in [7, 11) is 0. The Morgan fingerprint density at radius 1 is 1.03 bits per heavy atom. The number of nitrogens with zero attached hydrogens (tertiary/aromatic N) is 4. The van der Waals surface area contributed by atoms with Crippen LogP contribution >= 0.6 is 0 Å². The average molecular weight is 449 g/mol. The highest BCUT2D eigenvalue weighted by molar-refractivity contribution is 5.77. The Kier molecular flexibility index (Phi) is 5.65. The van der Waals surface area contributed by atoms with Gasteiger partial charge in [-0.05, 0) is 11.1 Å². The Hall–Kier alpha value is -3.56. The van der Waals surface area contributed by atoms with Gasteiger partial charge < -0.3 is 24.9 Å². The monoisotopic (exact) mass is 449 g/mol. The molecule has 33 heavy (non-hydrogen) atoms. The Bertz CT molecular complexity index is 1240. The van der Waals surface area contributed by atoms with Crippen molar-refractivity contribution in [2.45, 2.75) is 37.4 Å². The minimum atomic E-state index is -1.85. The molecule has 9 heteroatoms. The van der Waals surface area contributed by atoms with E-state index in [-0.39, 0.29) is 38.1 Å². The highest BCUT2D eigenvalue weighted by atomic mass is 19.1. The van der Waals surface area contributed by atoms with E-state index in [1.165, 1.54) is 6.33 Å². The van der Waals surface area contributed by atoms with Crippen LogP contribution in [0.15, 0.2) is 67.0 Å². The number of alkyl halides is 1. The van der Waals surface area contributed by atoms with Gasteiger partial charge in [0.15, 0.2) is 16.8 Å². The van der Waals surface area contributed by atoms with Crippen LogP contribution in [-0.2, 0) is 18.0 Å². The van der Waals surface area contributed by atoms with Crippen LogP contribution in [0.2, 0.25) is 0 Å². The first-order chi connectivity index (χ1) is 16.0. The van der Waals surface area contributed by atoms with E-state index in [9.17, 15) is 5.11 Å². The molecule has 8 nitrogen and oxygen atoms in total. The Labute approximate surface area is 189 Å². The molecule has 1 saturated carbocycles. The molecule has 0 bridgehead atoms. The number of nitrogen functional groups attached to an aromatic ring is 1. The second-order valence-electron chi connectivity index (χ2n) is 8.21. The van der Waals surface area contributed by atoms with Crippen LogP contribution in [-0.4, -0.2) is 43.0 Å². The summed E-state index contributed by atoms with van der Waals surface area (Å²) in [5, 5.41) is 10.6. The molecule has 1 aliphatic carbocycles. The lowest BCUT2D eigenvalue weighted by Gasteiger charge is -2.46. The zero-order valence-electron chi connectivity index (χ0n) is 17.8. The van der Waals surface area contributed by atoms with Crippen molar-refractivity contribution in [2.75, 3.05) is 12.3 Å². The van der Waals surface area contributed by atoms with Gasteiger partial charge in [0.1, 0.15) is 12.7 Å². The Morgan fingerprint density at radius 3 is 2.36 bits per heavy atom. The van der Waals surface area contributed by atoms with Crippen LogP contribution in [0.5, 0.6) is 5.88 Å². The number of aromatic nitrogens is 4. The summed E-state index contributed by atoms with van der Waals surface area (Å²) in [4.78, 5) is 12.8. The van der Waals surface area contributed by atoms with E-state index in [2.05, 4.69) is 15.0 Å². The van der Waals surface area contributed by atoms with Crippen molar-refractivity contribution in [1.29, 1.82) is 0 Å². The van der Waals surface area contributed by atoms with Gasteiger partial charge in [0, 0.05) is 6.42 Å². The number of hydrogen-bond donors (Lipinski definition) is 2. The number of aliphatic hydroxyl groups excluding tert-OH is 1. The van der Waals surface area contributed by atoms with Gasteiger partial charge in [-0.1, -0.05) is 60.7 Å². The van der Waals surface area contributed by atoms with Crippen LogP contribution in [0.1, 0.15) is 23.6 Å². The molecular formula is C24H24FN5O3. The lowest BCUT2D eigenvalue weighted by Crippen LogP contribution is -2.58. The number of anilines is 1. The summed E-state index contributed by atoms with van der Waals surface area (Å²) < 4.78 is 28.2. The van der Waals surface area contributed by atoms with Crippen molar-refractivity contribution in [3.63, 3.8) is 0 Å². The highest BCUT2D eigenvalue weighted by Gasteiger charge is 2.56. The molecule has 0 amide bonds. The van der Waals surface area contributed by atoms with Crippen molar-refractivity contribution in [1.82, 2.24) is 19.5 Å². The van der Waals surface area contributed by atoms with E-state index >= 15 is 4.39 Å². The molecule has 3 unspecified atom stereocenters. The molecular weight excluding hydrogens is 425 g/mol. The minimum Gasteiger partial charge on any atom is -0.471 e. The highest BCUT2D eigenvalue weighted by Crippen LogP contribution is 2.46. The standard InChI is InChI=1S/C24H24FN5O3/c25-24(14-32-12-16-7-3-1-4-8-16)11-18(20(24)31)30-15-27-19-21(30)28-23(26)29-22(19)33-13-17-9-5-2-6-10-17/h1-10,15,18,20,31H,11-14H2,(H2,26,28,29). The molecule has 170 valence electrons. The largest absolute Gasteiger partial charge is 0.471 e. The maximum Gasteiger partial charge on any atom is 0.247 e. The predicted molar refractivity (Wildman–Crippen MR) is 120 cm³/mol. The molecule has 4 aromatic rings. The molecule has 0 aliphatic heterocycles. The van der Waals surface area contributed by atoms with Gasteiger partial charge in [-0.25, -0.2) is 9.37 Å². The summed E-state index contributed by atoms with van der Waals surface area (Å²) in [6, 6.07) is 18.6. The predicted octanol–water partition coefficient (Wildman–Crippen LogP) is 3.22. The number of hydrogen-bond acceptors (Lipinski definition) is 7. The second kappa shape index (κ2) is 8.76. The molecule has 0 spiro atoms. The van der Waals surface area contributed by atoms with E-state index in [4.69, 9.17) is 15.2 Å². The van der Waals surface area contributed by atoms with Crippen molar-refractivity contribution in [3.8, 4) is 5.88 Å². The van der Waals surface area contributed by atoms with Crippen LogP contribution in [0.4, 0.5) is 10.3 Å². The number of aliphatic hydroxyl groups is 1. The van der Waals surface area contributed by atoms with Gasteiger partial charge in [-0.15, -0.1) is 0 Å². The normalized spacial score (nSPS) is 22.2. The number of imidazole rings is 1. The van der Waals surface area contributed by atoms with Gasteiger partial charge in [0.2, 0.25) is 11.8 Å². The van der Waals surface area contributed by atoms with Crippen LogP contribution in [0.25, 0.3) is 11.2 Å². The second-order valence-corrected chi connectivity index (χ2v) is 8.21. The first kappa shape index (κ1) is 21.3. The fourth-order valence-corrected chi connectivity index (χ4v) is 4.05. The Morgan fingerprint density at radius 2 is 1.70 bits per heavy atom. The van der Waals surface area contributed by atoms with E-state index in [1.54, 1.807) is 4.57 Å². The smallest absolute Gasteiger partial charge is 0.247 e. The summed E-state index contributed by atoms with van der Waals surface area (Å²) in [5.74, 6) is 0.255. The van der Waals surface area contributed by atoms with Crippen LogP contribution in [0.3, 0.4) is 0 Å². The van der Waals surface area contributed by atoms with Gasteiger partial charge in [-0.3, -0.25) is 0 Å².